The van der Waals surface area contributed by atoms with Crippen molar-refractivity contribution < 1.29 is 24.2 Å². The summed E-state index contributed by atoms with van der Waals surface area (Å²) in [7, 11) is 1.91. The van der Waals surface area contributed by atoms with Gasteiger partial charge in [-0.05, 0) is 37.1 Å². The van der Waals surface area contributed by atoms with E-state index in [0.717, 1.165) is 5.69 Å². The van der Waals surface area contributed by atoms with Crippen LogP contribution in [0.2, 0.25) is 5.02 Å². The molecule has 10 nitrogen and oxygen atoms in total. The van der Waals surface area contributed by atoms with Gasteiger partial charge >= 0.3 is 6.03 Å². The van der Waals surface area contributed by atoms with E-state index in [4.69, 9.17) is 21.1 Å². The first kappa shape index (κ1) is 25.4. The first-order valence-corrected chi connectivity index (χ1v) is 12.2. The van der Waals surface area contributed by atoms with Gasteiger partial charge in [-0.25, -0.2) is 9.78 Å². The lowest BCUT2D eigenvalue weighted by molar-refractivity contribution is -0.149. The third-order valence-corrected chi connectivity index (χ3v) is 6.46. The highest BCUT2D eigenvalue weighted by Gasteiger charge is 2.40. The Hall–Kier alpha value is -2.66. The van der Waals surface area contributed by atoms with Gasteiger partial charge < -0.3 is 34.7 Å². The highest BCUT2D eigenvalue weighted by molar-refractivity contribution is 6.30. The van der Waals surface area contributed by atoms with Crippen LogP contribution in [0.15, 0.2) is 36.8 Å². The predicted molar refractivity (Wildman–Crippen MR) is 130 cm³/mol. The number of nitrogens with one attached hydrogen (secondary N) is 2. The normalized spacial score (nSPS) is 24.7. The van der Waals surface area contributed by atoms with Crippen LogP contribution >= 0.6 is 11.6 Å². The summed E-state index contributed by atoms with van der Waals surface area (Å²) in [4.78, 5) is 31.5. The van der Waals surface area contributed by atoms with E-state index in [9.17, 15) is 14.7 Å². The molecule has 3 heterocycles. The average molecular weight is 506 g/mol. The lowest BCUT2D eigenvalue weighted by Gasteiger charge is -2.44. The summed E-state index contributed by atoms with van der Waals surface area (Å²) in [6.45, 7) is 0.983. The lowest BCUT2D eigenvalue weighted by Crippen LogP contribution is -2.58. The number of benzene rings is 1. The Morgan fingerprint density at radius 2 is 2.03 bits per heavy atom. The summed E-state index contributed by atoms with van der Waals surface area (Å²) >= 11 is 5.93. The fourth-order valence-electron chi connectivity index (χ4n) is 4.51. The number of nitrogens with zero attached hydrogens (tertiary/aromatic N) is 3. The van der Waals surface area contributed by atoms with Gasteiger partial charge in [-0.1, -0.05) is 11.6 Å². The number of halogens is 1. The molecule has 0 saturated carbocycles. The van der Waals surface area contributed by atoms with Crippen molar-refractivity contribution in [1.29, 1.82) is 0 Å². The zero-order valence-electron chi connectivity index (χ0n) is 19.7. The number of imidazole rings is 1. The molecular weight excluding hydrogens is 474 g/mol. The summed E-state index contributed by atoms with van der Waals surface area (Å²) < 4.78 is 13.7. The molecule has 35 heavy (non-hydrogen) atoms. The van der Waals surface area contributed by atoms with Crippen LogP contribution in [-0.2, 0) is 27.7 Å². The second-order valence-electron chi connectivity index (χ2n) is 9.06. The second kappa shape index (κ2) is 11.9. The molecule has 0 spiro atoms. The predicted octanol–water partition coefficient (Wildman–Crippen LogP) is 1.96. The number of fused-ring (bicyclic) bond motifs is 1. The van der Waals surface area contributed by atoms with Gasteiger partial charge in [0.05, 0.1) is 56.5 Å². The molecule has 190 valence electrons. The number of aromatic nitrogens is 2. The second-order valence-corrected chi connectivity index (χ2v) is 9.49. The minimum atomic E-state index is -0.797. The summed E-state index contributed by atoms with van der Waals surface area (Å²) in [5.74, 6) is -0.0797. The quantitative estimate of drug-likeness (QED) is 0.552. The third kappa shape index (κ3) is 7.17. The Morgan fingerprint density at radius 3 is 2.77 bits per heavy atom. The molecule has 3 amide bonds. The van der Waals surface area contributed by atoms with Gasteiger partial charge in [0.1, 0.15) is 6.10 Å². The van der Waals surface area contributed by atoms with Crippen LogP contribution < -0.4 is 10.6 Å². The van der Waals surface area contributed by atoms with Gasteiger partial charge in [-0.3, -0.25) is 4.79 Å². The van der Waals surface area contributed by atoms with Gasteiger partial charge in [0.2, 0.25) is 5.91 Å². The van der Waals surface area contributed by atoms with Crippen LogP contribution in [0.1, 0.15) is 25.0 Å². The van der Waals surface area contributed by atoms with Crippen molar-refractivity contribution in [3.8, 4) is 0 Å². The van der Waals surface area contributed by atoms with Gasteiger partial charge in [0.15, 0.2) is 0 Å². The Kier molecular flexibility index (Phi) is 8.61. The van der Waals surface area contributed by atoms with E-state index >= 15 is 0 Å². The molecule has 11 heteroatoms. The Bertz CT molecular complexity index is 1000. The molecule has 1 aromatic carbocycles. The summed E-state index contributed by atoms with van der Waals surface area (Å²) in [5, 5.41) is 16.7. The molecule has 0 aliphatic carbocycles. The molecule has 4 atom stereocenters. The molecule has 3 N–H and O–H groups in total. The SMILES string of the molecule is Cn1cnc(CCNC(=O)C[C@@H]2CC[C@H]3[C@@H](COC[C@@H](O)CN3C(=O)Nc3ccc(Cl)cc3)O2)c1. The topological polar surface area (TPSA) is 118 Å². The number of carbonyl (C=O) groups excluding carboxylic acids is 2. The van der Waals surface area contributed by atoms with E-state index in [-0.39, 0.29) is 50.3 Å². The summed E-state index contributed by atoms with van der Waals surface area (Å²) in [6.07, 6.45) is 4.38. The third-order valence-electron chi connectivity index (χ3n) is 6.21. The largest absolute Gasteiger partial charge is 0.389 e. The van der Waals surface area contributed by atoms with Gasteiger partial charge in [0, 0.05) is 36.9 Å². The van der Waals surface area contributed by atoms with E-state index in [0.29, 0.717) is 36.5 Å². The van der Waals surface area contributed by atoms with Crippen molar-refractivity contribution in [2.45, 2.75) is 50.0 Å². The first-order chi connectivity index (χ1) is 16.9. The molecule has 2 aromatic rings. The van der Waals surface area contributed by atoms with Crippen LogP contribution in [-0.4, -0.2) is 82.2 Å². The molecule has 1 aromatic heterocycles. The molecule has 2 saturated heterocycles. The number of rotatable bonds is 6. The van der Waals surface area contributed by atoms with Crippen LogP contribution in [0.4, 0.5) is 10.5 Å². The van der Waals surface area contributed by atoms with Crippen molar-refractivity contribution in [3.63, 3.8) is 0 Å². The number of hydrogen-bond donors (Lipinski definition) is 3. The van der Waals surface area contributed by atoms with E-state index in [1.165, 1.54) is 0 Å². The Morgan fingerprint density at radius 1 is 1.23 bits per heavy atom. The highest BCUT2D eigenvalue weighted by atomic mass is 35.5. The molecule has 2 aliphatic rings. The fraction of sp³-hybridized carbons (Fsp3) is 0.542. The fourth-order valence-corrected chi connectivity index (χ4v) is 4.63. The van der Waals surface area contributed by atoms with Crippen molar-refractivity contribution in [1.82, 2.24) is 19.8 Å². The van der Waals surface area contributed by atoms with Crippen molar-refractivity contribution in [2.75, 3.05) is 31.6 Å². The van der Waals surface area contributed by atoms with Crippen LogP contribution in [0.3, 0.4) is 0 Å². The average Bonchev–Trinajstić information content (AvgIpc) is 3.23. The van der Waals surface area contributed by atoms with Gasteiger partial charge in [-0.15, -0.1) is 0 Å². The van der Waals surface area contributed by atoms with Crippen LogP contribution in [0.25, 0.3) is 0 Å². The Labute approximate surface area is 209 Å². The maximum Gasteiger partial charge on any atom is 0.322 e. The van der Waals surface area contributed by atoms with Crippen LogP contribution in [0, 0.1) is 0 Å². The molecule has 0 unspecified atom stereocenters. The minimum absolute atomic E-state index is 0.0797. The number of ether oxygens (including phenoxy) is 2. The van der Waals surface area contributed by atoms with E-state index < -0.39 is 12.2 Å². The molecule has 0 radical (unpaired) electrons. The number of aliphatic hydroxyl groups excluding tert-OH is 1. The smallest absolute Gasteiger partial charge is 0.322 e. The highest BCUT2D eigenvalue weighted by Crippen LogP contribution is 2.28. The number of hydrogen-bond acceptors (Lipinski definition) is 6. The number of anilines is 1. The zero-order valence-corrected chi connectivity index (χ0v) is 20.5. The van der Waals surface area contributed by atoms with Crippen molar-refractivity contribution in [3.05, 3.63) is 47.5 Å². The number of aryl methyl sites for hydroxylation is 1. The standard InChI is InChI=1S/C24H32ClN5O5/c1-29-11-18(27-15-29)8-9-26-23(32)10-20-6-7-21-22(35-20)14-34-13-19(31)12-30(21)24(33)28-17-4-2-16(25)3-5-17/h2-5,11,15,19-22,31H,6-10,12-14H2,1H3,(H,26,32)(H,28,33)/t19-,20-,21-,22+/m0/s1. The first-order valence-electron chi connectivity index (χ1n) is 11.9. The Balaban J connectivity index is 1.32. The monoisotopic (exact) mass is 505 g/mol. The molecule has 0 bridgehead atoms. The zero-order chi connectivity index (χ0) is 24.8. The molecule has 2 aliphatic heterocycles. The van der Waals surface area contributed by atoms with Gasteiger partial charge in [-0.2, -0.15) is 0 Å². The number of urea groups is 1. The molecule has 4 rings (SSSR count). The maximum atomic E-state index is 13.1. The van der Waals surface area contributed by atoms with Crippen molar-refractivity contribution in [2.24, 2.45) is 7.05 Å². The summed E-state index contributed by atoms with van der Waals surface area (Å²) in [5.41, 5.74) is 1.54. The minimum Gasteiger partial charge on any atom is -0.389 e. The number of aliphatic hydroxyl groups is 1. The van der Waals surface area contributed by atoms with Crippen molar-refractivity contribution >= 4 is 29.2 Å². The van der Waals surface area contributed by atoms with E-state index in [2.05, 4.69) is 15.6 Å². The maximum absolute atomic E-state index is 13.1. The van der Waals surface area contributed by atoms with E-state index in [1.807, 2.05) is 17.8 Å². The molecule has 2 fully saturated rings. The lowest BCUT2D eigenvalue weighted by atomic mass is 9.95. The van der Waals surface area contributed by atoms with Gasteiger partial charge in [0.25, 0.3) is 0 Å². The van der Waals surface area contributed by atoms with Crippen LogP contribution in [0.5, 0.6) is 0 Å². The number of carbonyl (C=O) groups is 2. The molecular formula is C24H32ClN5O5. The summed E-state index contributed by atoms with van der Waals surface area (Å²) in [6, 6.07) is 6.25. The number of β-amino-alcohol motifs (C(OH)–C–C–N with tert-alkyl or cyclic N) is 1. The van der Waals surface area contributed by atoms with E-state index in [1.54, 1.807) is 35.5 Å². The number of amides is 3.